The van der Waals surface area contributed by atoms with E-state index in [1.54, 1.807) is 0 Å². The Morgan fingerprint density at radius 1 is 1.44 bits per heavy atom. The zero-order chi connectivity index (χ0) is 11.9. The van der Waals surface area contributed by atoms with Gasteiger partial charge in [-0.25, -0.2) is 0 Å². The largest absolute Gasteiger partial charge is 0.329 e. The van der Waals surface area contributed by atoms with Crippen molar-refractivity contribution in [1.82, 2.24) is 10.2 Å². The fourth-order valence-corrected chi connectivity index (χ4v) is 2.42. The molecule has 1 atom stereocenters. The Morgan fingerprint density at radius 3 is 2.88 bits per heavy atom. The monoisotopic (exact) mass is 223 g/mol. The zero-order valence-corrected chi connectivity index (χ0v) is 10.5. The van der Waals surface area contributed by atoms with Gasteiger partial charge >= 0.3 is 0 Å². The molecule has 16 heavy (non-hydrogen) atoms. The molecule has 3 nitrogen and oxygen atoms in total. The summed E-state index contributed by atoms with van der Waals surface area (Å²) in [5, 5.41) is 3.58. The summed E-state index contributed by atoms with van der Waals surface area (Å²) < 4.78 is 0. The van der Waals surface area contributed by atoms with Gasteiger partial charge in [0.1, 0.15) is 0 Å². The number of likely N-dealkylation sites (tertiary alicyclic amines) is 1. The van der Waals surface area contributed by atoms with Crippen LogP contribution in [0.2, 0.25) is 0 Å². The summed E-state index contributed by atoms with van der Waals surface area (Å²) in [5.74, 6) is 2.67. The molecule has 3 N–H and O–H groups in total. The van der Waals surface area contributed by atoms with Crippen molar-refractivity contribution >= 4 is 0 Å². The van der Waals surface area contributed by atoms with E-state index in [2.05, 4.69) is 23.1 Å². The van der Waals surface area contributed by atoms with Crippen molar-refractivity contribution in [2.24, 2.45) is 5.73 Å². The predicted octanol–water partition coefficient (Wildman–Crippen LogP) is 0.803. The lowest BCUT2D eigenvalue weighted by Gasteiger charge is -2.32. The van der Waals surface area contributed by atoms with Crippen LogP contribution in [0, 0.1) is 12.3 Å². The second-order valence-corrected chi connectivity index (χ2v) is 4.65. The molecular formula is C13H25N3. The van der Waals surface area contributed by atoms with Crippen molar-refractivity contribution in [3.63, 3.8) is 0 Å². The van der Waals surface area contributed by atoms with Gasteiger partial charge in [0.2, 0.25) is 0 Å². The van der Waals surface area contributed by atoms with Crippen molar-refractivity contribution in [2.75, 3.05) is 32.7 Å². The Balaban J connectivity index is 2.48. The molecule has 0 aromatic rings. The maximum Gasteiger partial charge on any atom is 0.0317 e. The van der Waals surface area contributed by atoms with Crippen LogP contribution < -0.4 is 11.1 Å². The van der Waals surface area contributed by atoms with Gasteiger partial charge in [-0.15, -0.1) is 12.3 Å². The average Bonchev–Trinajstić information content (AvgIpc) is 2.52. The highest BCUT2D eigenvalue weighted by Gasteiger charge is 2.29. The lowest BCUT2D eigenvalue weighted by molar-refractivity contribution is 0.268. The maximum atomic E-state index is 5.94. The molecule has 1 fully saturated rings. The van der Waals surface area contributed by atoms with Gasteiger partial charge in [-0.05, 0) is 38.9 Å². The molecule has 92 valence electrons. The smallest absolute Gasteiger partial charge is 0.0317 e. The van der Waals surface area contributed by atoms with Crippen molar-refractivity contribution in [1.29, 1.82) is 0 Å². The molecule has 1 aliphatic rings. The number of hydrogen-bond acceptors (Lipinski definition) is 3. The molecule has 1 unspecified atom stereocenters. The summed E-state index contributed by atoms with van der Waals surface area (Å²) in [4.78, 5) is 2.50. The second-order valence-electron chi connectivity index (χ2n) is 4.65. The Morgan fingerprint density at radius 2 is 2.25 bits per heavy atom. The molecule has 0 bridgehead atoms. The number of hydrogen-bond donors (Lipinski definition) is 2. The van der Waals surface area contributed by atoms with Crippen LogP contribution in [0.5, 0.6) is 0 Å². The molecule has 0 aliphatic carbocycles. The van der Waals surface area contributed by atoms with Crippen LogP contribution in [0.1, 0.15) is 32.6 Å². The van der Waals surface area contributed by atoms with Crippen LogP contribution in [-0.4, -0.2) is 43.2 Å². The highest BCUT2D eigenvalue weighted by Crippen LogP contribution is 2.21. The van der Waals surface area contributed by atoms with Crippen LogP contribution >= 0.6 is 0 Å². The lowest BCUT2D eigenvalue weighted by Crippen LogP contribution is -2.52. The fraction of sp³-hybridized carbons (Fsp3) is 0.846. The summed E-state index contributed by atoms with van der Waals surface area (Å²) in [5.41, 5.74) is 6.07. The van der Waals surface area contributed by atoms with Gasteiger partial charge < -0.3 is 16.0 Å². The summed E-state index contributed by atoms with van der Waals surface area (Å²) in [6.07, 6.45) is 9.61. The quantitative estimate of drug-likeness (QED) is 0.535. The molecule has 0 radical (unpaired) electrons. The van der Waals surface area contributed by atoms with Gasteiger partial charge in [-0.3, -0.25) is 0 Å². The molecule has 1 rings (SSSR count). The Labute approximate surface area is 99.8 Å². The number of nitrogens with zero attached hydrogens (tertiary/aromatic N) is 1. The van der Waals surface area contributed by atoms with E-state index in [1.165, 1.54) is 19.4 Å². The van der Waals surface area contributed by atoms with Gasteiger partial charge in [-0.2, -0.15) is 0 Å². The first-order valence-corrected chi connectivity index (χ1v) is 6.37. The van der Waals surface area contributed by atoms with Gasteiger partial charge in [0.05, 0.1) is 0 Å². The highest BCUT2D eigenvalue weighted by molar-refractivity contribution is 4.94. The minimum absolute atomic E-state index is 0.126. The number of nitrogens with one attached hydrogen (secondary N) is 1. The molecule has 0 aromatic carbocycles. The standard InChI is InChI=1S/C13H25N3/c1-3-5-9-15-13(12-14)7-6-10-16(4-2)11-8-13/h1,15H,4-12,14H2,2H3. The Kier molecular flexibility index (Phi) is 5.83. The molecular weight excluding hydrogens is 198 g/mol. The Hall–Kier alpha value is -0.560. The third-order valence-electron chi connectivity index (χ3n) is 3.64. The summed E-state index contributed by atoms with van der Waals surface area (Å²) in [6, 6.07) is 0. The molecule has 0 amide bonds. The molecule has 0 saturated carbocycles. The first-order chi connectivity index (χ1) is 7.76. The second kappa shape index (κ2) is 6.90. The normalized spacial score (nSPS) is 27.3. The third kappa shape index (κ3) is 3.79. The summed E-state index contributed by atoms with van der Waals surface area (Å²) in [6.45, 7) is 7.33. The average molecular weight is 223 g/mol. The van der Waals surface area contributed by atoms with Crippen LogP contribution in [0.4, 0.5) is 0 Å². The van der Waals surface area contributed by atoms with Crippen LogP contribution in [-0.2, 0) is 0 Å². The molecule has 3 heteroatoms. The third-order valence-corrected chi connectivity index (χ3v) is 3.64. The SMILES string of the molecule is C#CCCNC1(CN)CCCN(CC)CC1. The van der Waals surface area contributed by atoms with E-state index in [0.717, 1.165) is 39.0 Å². The molecule has 1 heterocycles. The molecule has 1 saturated heterocycles. The van der Waals surface area contributed by atoms with E-state index in [-0.39, 0.29) is 5.54 Å². The highest BCUT2D eigenvalue weighted by atomic mass is 15.1. The van der Waals surface area contributed by atoms with Crippen molar-refractivity contribution < 1.29 is 0 Å². The van der Waals surface area contributed by atoms with Crippen molar-refractivity contribution in [3.8, 4) is 12.3 Å². The van der Waals surface area contributed by atoms with Gasteiger partial charge in [0.15, 0.2) is 0 Å². The van der Waals surface area contributed by atoms with E-state index in [4.69, 9.17) is 12.2 Å². The Bertz CT molecular complexity index is 234. The number of terminal acetylenes is 1. The predicted molar refractivity (Wildman–Crippen MR) is 69.2 cm³/mol. The van der Waals surface area contributed by atoms with E-state index >= 15 is 0 Å². The van der Waals surface area contributed by atoms with Gasteiger partial charge in [-0.1, -0.05) is 6.92 Å². The zero-order valence-electron chi connectivity index (χ0n) is 10.5. The van der Waals surface area contributed by atoms with E-state index in [9.17, 15) is 0 Å². The molecule has 0 spiro atoms. The van der Waals surface area contributed by atoms with Crippen LogP contribution in [0.25, 0.3) is 0 Å². The van der Waals surface area contributed by atoms with Crippen molar-refractivity contribution in [3.05, 3.63) is 0 Å². The maximum absolute atomic E-state index is 5.94. The van der Waals surface area contributed by atoms with E-state index < -0.39 is 0 Å². The van der Waals surface area contributed by atoms with Crippen LogP contribution in [0.3, 0.4) is 0 Å². The number of nitrogens with two attached hydrogens (primary N) is 1. The fourth-order valence-electron chi connectivity index (χ4n) is 2.42. The van der Waals surface area contributed by atoms with Crippen molar-refractivity contribution in [2.45, 2.75) is 38.1 Å². The first-order valence-electron chi connectivity index (χ1n) is 6.37. The van der Waals surface area contributed by atoms with Gasteiger partial charge in [0.25, 0.3) is 0 Å². The van der Waals surface area contributed by atoms with Crippen LogP contribution in [0.15, 0.2) is 0 Å². The first kappa shape index (κ1) is 13.5. The van der Waals surface area contributed by atoms with Gasteiger partial charge in [0, 0.05) is 25.0 Å². The molecule has 1 aliphatic heterocycles. The minimum atomic E-state index is 0.126. The van der Waals surface area contributed by atoms with E-state index in [1.807, 2.05) is 0 Å². The number of rotatable bonds is 5. The lowest BCUT2D eigenvalue weighted by atomic mass is 9.90. The topological polar surface area (TPSA) is 41.3 Å². The molecule has 0 aromatic heterocycles. The van der Waals surface area contributed by atoms with E-state index in [0.29, 0.717) is 0 Å². The summed E-state index contributed by atoms with van der Waals surface area (Å²) in [7, 11) is 0. The summed E-state index contributed by atoms with van der Waals surface area (Å²) >= 11 is 0. The minimum Gasteiger partial charge on any atom is -0.329 e.